The number of rotatable bonds is 5. The Kier molecular flexibility index (Phi) is 5.20. The molecule has 100 valence electrons. The van der Waals surface area contributed by atoms with Gasteiger partial charge in [-0.3, -0.25) is 4.99 Å². The fraction of sp³-hybridized carbons (Fsp3) is 0.900. The average Bonchev–Trinajstić information content (AvgIpc) is 2.71. The van der Waals surface area contributed by atoms with Crippen LogP contribution in [0.3, 0.4) is 0 Å². The van der Waals surface area contributed by atoms with Gasteiger partial charge in [-0.1, -0.05) is 6.92 Å². The molecule has 3 N–H and O–H groups in total. The van der Waals surface area contributed by atoms with E-state index in [0.717, 1.165) is 19.4 Å². The van der Waals surface area contributed by atoms with Crippen LogP contribution in [-0.2, 0) is 10.0 Å². The second kappa shape index (κ2) is 6.20. The molecular formula is C10H22N4O2S. The quantitative estimate of drug-likeness (QED) is 0.520. The second-order valence-corrected chi connectivity index (χ2v) is 6.41. The van der Waals surface area contributed by atoms with Crippen molar-refractivity contribution >= 4 is 16.0 Å². The van der Waals surface area contributed by atoms with Crippen molar-refractivity contribution in [2.24, 2.45) is 16.6 Å². The molecule has 0 bridgehead atoms. The van der Waals surface area contributed by atoms with Crippen molar-refractivity contribution in [3.05, 3.63) is 0 Å². The average molecular weight is 262 g/mol. The maximum absolute atomic E-state index is 11.3. The molecule has 0 aromatic rings. The van der Waals surface area contributed by atoms with Crippen molar-refractivity contribution in [1.29, 1.82) is 0 Å². The molecule has 1 aliphatic heterocycles. The molecule has 1 atom stereocenters. The normalized spacial score (nSPS) is 22.9. The molecule has 0 spiro atoms. The third-order valence-corrected chi connectivity index (χ3v) is 4.06. The molecule has 1 aliphatic rings. The first-order valence-corrected chi connectivity index (χ1v) is 7.77. The minimum atomic E-state index is -3.05. The predicted molar refractivity (Wildman–Crippen MR) is 69.3 cm³/mol. The van der Waals surface area contributed by atoms with Gasteiger partial charge in [-0.15, -0.1) is 0 Å². The summed E-state index contributed by atoms with van der Waals surface area (Å²) in [5, 5.41) is 2.99. The van der Waals surface area contributed by atoms with Crippen molar-refractivity contribution in [2.45, 2.75) is 19.8 Å². The van der Waals surface area contributed by atoms with E-state index in [1.165, 1.54) is 10.6 Å². The summed E-state index contributed by atoms with van der Waals surface area (Å²) in [5.41, 5.74) is 5.67. The summed E-state index contributed by atoms with van der Waals surface area (Å²) in [4.78, 5) is 4.22. The lowest BCUT2D eigenvalue weighted by atomic mass is 10.1. The summed E-state index contributed by atoms with van der Waals surface area (Å²) >= 11 is 0. The van der Waals surface area contributed by atoms with Gasteiger partial charge in [0.15, 0.2) is 5.96 Å². The predicted octanol–water partition coefficient (Wildman–Crippen LogP) is -0.418. The molecule has 1 saturated heterocycles. The van der Waals surface area contributed by atoms with Crippen LogP contribution >= 0.6 is 0 Å². The maximum Gasteiger partial charge on any atom is 0.211 e. The number of nitrogens with zero attached hydrogens (tertiary/aromatic N) is 2. The van der Waals surface area contributed by atoms with E-state index in [1.807, 2.05) is 0 Å². The number of nitrogens with two attached hydrogens (primary N) is 1. The Morgan fingerprint density at radius 3 is 2.82 bits per heavy atom. The Morgan fingerprint density at radius 2 is 2.29 bits per heavy atom. The summed E-state index contributed by atoms with van der Waals surface area (Å²) < 4.78 is 24.1. The molecular weight excluding hydrogens is 240 g/mol. The summed E-state index contributed by atoms with van der Waals surface area (Å²) in [6.07, 6.45) is 3.11. The first kappa shape index (κ1) is 14.2. The highest BCUT2D eigenvalue weighted by molar-refractivity contribution is 7.88. The van der Waals surface area contributed by atoms with E-state index in [0.29, 0.717) is 25.6 Å². The first-order chi connectivity index (χ1) is 7.93. The molecule has 0 saturated carbocycles. The Morgan fingerprint density at radius 1 is 1.59 bits per heavy atom. The molecule has 0 aromatic heterocycles. The molecule has 0 aromatic carbocycles. The SMILES string of the molecule is CCCNC(N)=NCC1CCN(S(C)(=O)=O)C1. The van der Waals surface area contributed by atoms with Gasteiger partial charge in [0.05, 0.1) is 6.26 Å². The summed E-state index contributed by atoms with van der Waals surface area (Å²) in [6.45, 7) is 4.62. The van der Waals surface area contributed by atoms with Gasteiger partial charge in [0.25, 0.3) is 0 Å². The van der Waals surface area contributed by atoms with Crippen molar-refractivity contribution < 1.29 is 8.42 Å². The first-order valence-electron chi connectivity index (χ1n) is 5.92. The molecule has 1 rings (SSSR count). The highest BCUT2D eigenvalue weighted by atomic mass is 32.2. The minimum absolute atomic E-state index is 0.284. The van der Waals surface area contributed by atoms with Crippen LogP contribution in [0.15, 0.2) is 4.99 Å². The van der Waals surface area contributed by atoms with Gasteiger partial charge < -0.3 is 11.1 Å². The molecule has 1 unspecified atom stereocenters. The standard InChI is InChI=1S/C10H22N4O2S/c1-3-5-12-10(11)13-7-9-4-6-14(8-9)17(2,15)16/h9H,3-8H2,1-2H3,(H3,11,12,13). The number of hydrogen-bond acceptors (Lipinski definition) is 3. The van der Waals surface area contributed by atoms with Crippen LogP contribution in [0.4, 0.5) is 0 Å². The molecule has 0 amide bonds. The zero-order chi connectivity index (χ0) is 12.9. The molecule has 1 fully saturated rings. The van der Waals surface area contributed by atoms with Gasteiger partial charge >= 0.3 is 0 Å². The topological polar surface area (TPSA) is 87.8 Å². The lowest BCUT2D eigenvalue weighted by Gasteiger charge is -2.12. The van der Waals surface area contributed by atoms with E-state index < -0.39 is 10.0 Å². The second-order valence-electron chi connectivity index (χ2n) is 4.43. The van der Waals surface area contributed by atoms with Crippen molar-refractivity contribution in [3.63, 3.8) is 0 Å². The van der Waals surface area contributed by atoms with Crippen LogP contribution in [-0.4, -0.2) is 51.1 Å². The van der Waals surface area contributed by atoms with E-state index >= 15 is 0 Å². The largest absolute Gasteiger partial charge is 0.370 e. The molecule has 7 heteroatoms. The smallest absolute Gasteiger partial charge is 0.211 e. The van der Waals surface area contributed by atoms with E-state index in [4.69, 9.17) is 5.73 Å². The number of hydrogen-bond donors (Lipinski definition) is 2. The van der Waals surface area contributed by atoms with Gasteiger partial charge in [0.2, 0.25) is 10.0 Å². The fourth-order valence-corrected chi connectivity index (χ4v) is 2.70. The van der Waals surface area contributed by atoms with E-state index in [9.17, 15) is 8.42 Å². The Balaban J connectivity index is 2.36. The van der Waals surface area contributed by atoms with Gasteiger partial charge in [-0.05, 0) is 18.8 Å². The van der Waals surface area contributed by atoms with Gasteiger partial charge in [0, 0.05) is 26.2 Å². The molecule has 0 radical (unpaired) electrons. The molecule has 0 aliphatic carbocycles. The van der Waals surface area contributed by atoms with Crippen LogP contribution < -0.4 is 11.1 Å². The fourth-order valence-electron chi connectivity index (χ4n) is 1.78. The van der Waals surface area contributed by atoms with Crippen LogP contribution in [0.5, 0.6) is 0 Å². The summed E-state index contributed by atoms with van der Waals surface area (Å²) in [6, 6.07) is 0. The summed E-state index contributed by atoms with van der Waals surface area (Å²) in [7, 11) is -3.05. The highest BCUT2D eigenvalue weighted by Gasteiger charge is 2.28. The van der Waals surface area contributed by atoms with Crippen molar-refractivity contribution in [3.8, 4) is 0 Å². The van der Waals surface area contributed by atoms with Gasteiger partial charge in [-0.25, -0.2) is 12.7 Å². The van der Waals surface area contributed by atoms with Crippen LogP contribution in [0.2, 0.25) is 0 Å². The number of aliphatic imine (C=N–C) groups is 1. The van der Waals surface area contributed by atoms with Crippen LogP contribution in [0.25, 0.3) is 0 Å². The van der Waals surface area contributed by atoms with E-state index in [1.54, 1.807) is 0 Å². The Bertz CT molecular complexity index is 367. The molecule has 1 heterocycles. The maximum atomic E-state index is 11.3. The number of guanidine groups is 1. The molecule has 6 nitrogen and oxygen atoms in total. The zero-order valence-corrected chi connectivity index (χ0v) is 11.3. The summed E-state index contributed by atoms with van der Waals surface area (Å²) in [5.74, 6) is 0.733. The zero-order valence-electron chi connectivity index (χ0n) is 10.5. The minimum Gasteiger partial charge on any atom is -0.370 e. The number of nitrogens with one attached hydrogen (secondary N) is 1. The number of sulfonamides is 1. The monoisotopic (exact) mass is 262 g/mol. The van der Waals surface area contributed by atoms with Crippen molar-refractivity contribution in [1.82, 2.24) is 9.62 Å². The van der Waals surface area contributed by atoms with Gasteiger partial charge in [0.1, 0.15) is 0 Å². The van der Waals surface area contributed by atoms with E-state index in [-0.39, 0.29) is 5.92 Å². The lowest BCUT2D eigenvalue weighted by Crippen LogP contribution is -2.33. The van der Waals surface area contributed by atoms with Gasteiger partial charge in [-0.2, -0.15) is 0 Å². The van der Waals surface area contributed by atoms with Crippen LogP contribution in [0, 0.1) is 5.92 Å². The van der Waals surface area contributed by atoms with Crippen molar-refractivity contribution in [2.75, 3.05) is 32.4 Å². The third kappa shape index (κ3) is 4.91. The van der Waals surface area contributed by atoms with E-state index in [2.05, 4.69) is 17.2 Å². The third-order valence-electron chi connectivity index (χ3n) is 2.79. The Labute approximate surface area is 103 Å². The highest BCUT2D eigenvalue weighted by Crippen LogP contribution is 2.18. The molecule has 17 heavy (non-hydrogen) atoms. The lowest BCUT2D eigenvalue weighted by molar-refractivity contribution is 0.464. The van der Waals surface area contributed by atoms with Crippen LogP contribution in [0.1, 0.15) is 19.8 Å². The Hall–Kier alpha value is -0.820.